The molecule has 1 amide bonds. The number of ether oxygens (including phenoxy) is 1. The zero-order valence-corrected chi connectivity index (χ0v) is 12.4. The van der Waals surface area contributed by atoms with Gasteiger partial charge in [0, 0.05) is 12.6 Å². The van der Waals surface area contributed by atoms with E-state index in [-0.39, 0.29) is 18.0 Å². The van der Waals surface area contributed by atoms with Crippen LogP contribution in [0.15, 0.2) is 24.3 Å². The molecular formula is C16H22FNO2. The van der Waals surface area contributed by atoms with Gasteiger partial charge in [0.05, 0.1) is 0 Å². The lowest BCUT2D eigenvalue weighted by Gasteiger charge is -2.28. The van der Waals surface area contributed by atoms with Gasteiger partial charge in [0.15, 0.2) is 0 Å². The van der Waals surface area contributed by atoms with E-state index in [2.05, 4.69) is 0 Å². The van der Waals surface area contributed by atoms with Gasteiger partial charge in [0.2, 0.25) is 0 Å². The Bertz CT molecular complexity index is 464. The Balaban J connectivity index is 2.00. The number of amides is 1. The van der Waals surface area contributed by atoms with Crippen molar-refractivity contribution < 1.29 is 13.9 Å². The first kappa shape index (κ1) is 14.8. The first-order valence-corrected chi connectivity index (χ1v) is 7.09. The Kier molecular flexibility index (Phi) is 4.31. The highest BCUT2D eigenvalue weighted by Gasteiger charge is 2.32. The summed E-state index contributed by atoms with van der Waals surface area (Å²) in [6.45, 7) is 6.35. The number of halogens is 1. The van der Waals surface area contributed by atoms with Crippen molar-refractivity contribution in [3.63, 3.8) is 0 Å². The number of likely N-dealkylation sites (tertiary alicyclic amines) is 1. The van der Waals surface area contributed by atoms with E-state index in [1.807, 2.05) is 20.8 Å². The molecule has 1 aromatic carbocycles. The highest BCUT2D eigenvalue weighted by Crippen LogP contribution is 2.23. The minimum Gasteiger partial charge on any atom is -0.444 e. The van der Waals surface area contributed by atoms with Crippen molar-refractivity contribution in [1.82, 2.24) is 4.90 Å². The van der Waals surface area contributed by atoms with Gasteiger partial charge in [-0.25, -0.2) is 9.18 Å². The molecule has 1 fully saturated rings. The van der Waals surface area contributed by atoms with Gasteiger partial charge in [-0.15, -0.1) is 0 Å². The second kappa shape index (κ2) is 5.81. The maximum absolute atomic E-state index is 12.9. The van der Waals surface area contributed by atoms with Crippen molar-refractivity contribution >= 4 is 6.09 Å². The summed E-state index contributed by atoms with van der Waals surface area (Å²) in [4.78, 5) is 14.0. The quantitative estimate of drug-likeness (QED) is 0.824. The van der Waals surface area contributed by atoms with Crippen molar-refractivity contribution in [3.05, 3.63) is 35.6 Å². The zero-order chi connectivity index (χ0) is 14.8. The molecule has 2 rings (SSSR count). The van der Waals surface area contributed by atoms with Gasteiger partial charge < -0.3 is 9.64 Å². The van der Waals surface area contributed by atoms with Crippen LogP contribution in [0.5, 0.6) is 0 Å². The Morgan fingerprint density at radius 3 is 2.60 bits per heavy atom. The molecule has 0 radical (unpaired) electrons. The van der Waals surface area contributed by atoms with Crippen LogP contribution in [0.2, 0.25) is 0 Å². The van der Waals surface area contributed by atoms with E-state index < -0.39 is 5.60 Å². The molecule has 4 heteroatoms. The van der Waals surface area contributed by atoms with Gasteiger partial charge in [-0.1, -0.05) is 12.1 Å². The van der Waals surface area contributed by atoms with Crippen LogP contribution in [0.25, 0.3) is 0 Å². The molecule has 3 nitrogen and oxygen atoms in total. The molecule has 0 aliphatic carbocycles. The normalized spacial score (nSPS) is 19.2. The molecule has 1 saturated heterocycles. The fraction of sp³-hybridized carbons (Fsp3) is 0.562. The lowest BCUT2D eigenvalue weighted by atomic mass is 10.0. The summed E-state index contributed by atoms with van der Waals surface area (Å²) in [6.07, 6.45) is 2.46. The van der Waals surface area contributed by atoms with E-state index in [1.165, 1.54) is 12.1 Å². The smallest absolute Gasteiger partial charge is 0.410 e. The maximum atomic E-state index is 12.9. The van der Waals surface area contributed by atoms with E-state index in [9.17, 15) is 9.18 Å². The van der Waals surface area contributed by atoms with Crippen LogP contribution in [-0.2, 0) is 11.2 Å². The van der Waals surface area contributed by atoms with Crippen molar-refractivity contribution in [2.45, 2.75) is 51.7 Å². The van der Waals surface area contributed by atoms with E-state index in [1.54, 1.807) is 17.0 Å². The molecule has 0 spiro atoms. The van der Waals surface area contributed by atoms with Gasteiger partial charge in [-0.3, -0.25) is 0 Å². The summed E-state index contributed by atoms with van der Waals surface area (Å²) in [5.41, 5.74) is 0.576. The predicted octanol–water partition coefficient (Wildman–Crippen LogP) is 3.77. The summed E-state index contributed by atoms with van der Waals surface area (Å²) in [5.74, 6) is -0.232. The molecular weight excluding hydrogens is 257 g/mol. The van der Waals surface area contributed by atoms with Gasteiger partial charge in [0.25, 0.3) is 0 Å². The number of nitrogens with zero attached hydrogens (tertiary/aromatic N) is 1. The highest BCUT2D eigenvalue weighted by molar-refractivity contribution is 5.69. The van der Waals surface area contributed by atoms with E-state index >= 15 is 0 Å². The number of rotatable bonds is 2. The average molecular weight is 279 g/mol. The molecule has 1 aromatic rings. The fourth-order valence-corrected chi connectivity index (χ4v) is 2.50. The SMILES string of the molecule is CC(C)(C)OC(=O)N1CCC[C@H]1Cc1ccc(F)cc1. The number of hydrogen-bond acceptors (Lipinski definition) is 2. The Labute approximate surface area is 119 Å². The summed E-state index contributed by atoms with van der Waals surface area (Å²) >= 11 is 0. The van der Waals surface area contributed by atoms with Crippen molar-refractivity contribution in [1.29, 1.82) is 0 Å². The van der Waals surface area contributed by atoms with Crippen LogP contribution in [0.1, 0.15) is 39.2 Å². The molecule has 0 saturated carbocycles. The predicted molar refractivity (Wildman–Crippen MR) is 76.1 cm³/mol. The molecule has 0 N–H and O–H groups in total. The highest BCUT2D eigenvalue weighted by atomic mass is 19.1. The van der Waals surface area contributed by atoms with Crippen LogP contribution in [-0.4, -0.2) is 29.2 Å². The van der Waals surface area contributed by atoms with Gasteiger partial charge in [0.1, 0.15) is 11.4 Å². The molecule has 0 unspecified atom stereocenters. The summed E-state index contributed by atoms with van der Waals surface area (Å²) in [7, 11) is 0. The van der Waals surface area contributed by atoms with Crippen LogP contribution < -0.4 is 0 Å². The lowest BCUT2D eigenvalue weighted by Crippen LogP contribution is -2.40. The maximum Gasteiger partial charge on any atom is 0.410 e. The Morgan fingerprint density at radius 2 is 2.00 bits per heavy atom. The van der Waals surface area contributed by atoms with Gasteiger partial charge in [-0.05, 0) is 57.7 Å². The first-order chi connectivity index (χ1) is 9.35. The van der Waals surface area contributed by atoms with Crippen LogP contribution in [0, 0.1) is 5.82 Å². The topological polar surface area (TPSA) is 29.5 Å². The zero-order valence-electron chi connectivity index (χ0n) is 12.4. The number of carbonyl (C=O) groups is 1. The molecule has 0 bridgehead atoms. The largest absolute Gasteiger partial charge is 0.444 e. The molecule has 20 heavy (non-hydrogen) atoms. The van der Waals surface area contributed by atoms with E-state index in [4.69, 9.17) is 4.74 Å². The minimum absolute atomic E-state index is 0.148. The number of carbonyl (C=O) groups excluding carboxylic acids is 1. The molecule has 0 aromatic heterocycles. The molecule has 1 aliphatic rings. The third-order valence-electron chi connectivity index (χ3n) is 3.39. The van der Waals surface area contributed by atoms with Crippen molar-refractivity contribution in [2.24, 2.45) is 0 Å². The summed E-state index contributed by atoms with van der Waals surface area (Å²) in [5, 5.41) is 0. The van der Waals surface area contributed by atoms with Crippen LogP contribution in [0.3, 0.4) is 0 Å². The van der Waals surface area contributed by atoms with Crippen molar-refractivity contribution in [3.8, 4) is 0 Å². The van der Waals surface area contributed by atoms with Crippen molar-refractivity contribution in [2.75, 3.05) is 6.54 Å². The standard InChI is InChI=1S/C16H22FNO2/c1-16(2,3)20-15(19)18-10-4-5-14(18)11-12-6-8-13(17)9-7-12/h6-9,14H,4-5,10-11H2,1-3H3/t14-/m0/s1. The molecule has 110 valence electrons. The monoisotopic (exact) mass is 279 g/mol. The van der Waals surface area contributed by atoms with Gasteiger partial charge >= 0.3 is 6.09 Å². The second-order valence-electron chi connectivity index (χ2n) is 6.30. The van der Waals surface area contributed by atoms with E-state index in [0.717, 1.165) is 31.4 Å². The third kappa shape index (κ3) is 3.95. The molecule has 1 atom stereocenters. The second-order valence-corrected chi connectivity index (χ2v) is 6.30. The van der Waals surface area contributed by atoms with Gasteiger partial charge in [-0.2, -0.15) is 0 Å². The number of hydrogen-bond donors (Lipinski definition) is 0. The summed E-state index contributed by atoms with van der Waals surface area (Å²) < 4.78 is 18.3. The summed E-state index contributed by atoms with van der Waals surface area (Å²) in [6, 6.07) is 6.63. The fourth-order valence-electron chi connectivity index (χ4n) is 2.50. The van der Waals surface area contributed by atoms with Crippen LogP contribution >= 0.6 is 0 Å². The number of benzene rings is 1. The molecule has 1 aliphatic heterocycles. The van der Waals surface area contributed by atoms with E-state index in [0.29, 0.717) is 0 Å². The molecule has 1 heterocycles. The third-order valence-corrected chi connectivity index (χ3v) is 3.39. The Morgan fingerprint density at radius 1 is 1.35 bits per heavy atom. The first-order valence-electron chi connectivity index (χ1n) is 7.09. The van der Waals surface area contributed by atoms with Crippen LogP contribution in [0.4, 0.5) is 9.18 Å². The minimum atomic E-state index is -0.472. The Hall–Kier alpha value is -1.58. The lowest BCUT2D eigenvalue weighted by molar-refractivity contribution is 0.0227. The average Bonchev–Trinajstić information content (AvgIpc) is 2.78.